The minimum atomic E-state index is -0.140. The molecule has 20 heavy (non-hydrogen) atoms. The van der Waals surface area contributed by atoms with Crippen molar-refractivity contribution in [3.8, 4) is 0 Å². The summed E-state index contributed by atoms with van der Waals surface area (Å²) in [5.74, 6) is 0.0771. The molecule has 2 unspecified atom stereocenters. The molecule has 1 fully saturated rings. The van der Waals surface area contributed by atoms with Crippen LogP contribution in [0.4, 0.5) is 0 Å². The molecule has 1 aromatic carbocycles. The predicted molar refractivity (Wildman–Crippen MR) is 79.2 cm³/mol. The van der Waals surface area contributed by atoms with Crippen molar-refractivity contribution in [3.63, 3.8) is 0 Å². The molecule has 2 atom stereocenters. The zero-order chi connectivity index (χ0) is 13.4. The highest BCUT2D eigenvalue weighted by atomic mass is 35.5. The summed E-state index contributed by atoms with van der Waals surface area (Å²) in [7, 11) is 0. The van der Waals surface area contributed by atoms with Gasteiger partial charge in [-0.25, -0.2) is 0 Å². The maximum Gasteiger partial charge on any atom is 0.261 e. The number of rotatable bonds is 2. The molecule has 1 saturated heterocycles. The lowest BCUT2D eigenvalue weighted by atomic mass is 9.92. The highest BCUT2D eigenvalue weighted by Gasteiger charge is 2.40. The Morgan fingerprint density at radius 2 is 1.80 bits per heavy atom. The second-order valence-corrected chi connectivity index (χ2v) is 5.37. The van der Waals surface area contributed by atoms with E-state index in [2.05, 4.69) is 5.32 Å². The summed E-state index contributed by atoms with van der Waals surface area (Å²) in [5.41, 5.74) is 1.09. The zero-order valence-corrected chi connectivity index (χ0v) is 12.3. The number of halogens is 1. The van der Waals surface area contributed by atoms with E-state index < -0.39 is 0 Å². The molecule has 108 valence electrons. The van der Waals surface area contributed by atoms with Crippen LogP contribution in [0, 0.1) is 5.92 Å². The van der Waals surface area contributed by atoms with Gasteiger partial charge in [0, 0.05) is 6.04 Å². The van der Waals surface area contributed by atoms with Crippen LogP contribution in [-0.2, 0) is 0 Å². The lowest BCUT2D eigenvalue weighted by molar-refractivity contribution is 0.0529. The predicted octanol–water partition coefficient (Wildman–Crippen LogP) is 2.09. The number of nitrogens with zero attached hydrogens (tertiary/aromatic N) is 1. The average molecular weight is 295 g/mol. The number of imide groups is 1. The van der Waals surface area contributed by atoms with Crippen LogP contribution in [0.5, 0.6) is 0 Å². The lowest BCUT2D eigenvalue weighted by Crippen LogP contribution is -2.47. The molecule has 0 aromatic heterocycles. The molecule has 1 N–H and O–H groups in total. The molecule has 0 spiro atoms. The molecule has 0 aliphatic carbocycles. The van der Waals surface area contributed by atoms with Gasteiger partial charge < -0.3 is 5.32 Å². The van der Waals surface area contributed by atoms with E-state index in [1.807, 2.05) is 6.92 Å². The summed E-state index contributed by atoms with van der Waals surface area (Å²) in [6.07, 6.45) is 2.18. The Morgan fingerprint density at radius 1 is 1.20 bits per heavy atom. The number of carbonyl (C=O) groups is 2. The van der Waals surface area contributed by atoms with Crippen LogP contribution in [0.1, 0.15) is 40.5 Å². The fraction of sp³-hybridized carbons (Fsp3) is 0.467. The molecular weight excluding hydrogens is 276 g/mol. The fourth-order valence-corrected chi connectivity index (χ4v) is 3.08. The van der Waals surface area contributed by atoms with E-state index in [-0.39, 0.29) is 30.3 Å². The van der Waals surface area contributed by atoms with Gasteiger partial charge >= 0.3 is 0 Å². The maximum atomic E-state index is 12.4. The number of carbonyl (C=O) groups excluding carboxylic acids is 2. The number of amides is 2. The van der Waals surface area contributed by atoms with E-state index in [4.69, 9.17) is 0 Å². The summed E-state index contributed by atoms with van der Waals surface area (Å²) in [6, 6.07) is 7.05. The van der Waals surface area contributed by atoms with E-state index in [1.54, 1.807) is 24.3 Å². The van der Waals surface area contributed by atoms with Gasteiger partial charge in [0.2, 0.25) is 0 Å². The monoisotopic (exact) mass is 294 g/mol. The average Bonchev–Trinajstić information content (AvgIpc) is 2.72. The Bertz CT molecular complexity index is 491. The third-order valence-corrected chi connectivity index (χ3v) is 4.25. The van der Waals surface area contributed by atoms with Gasteiger partial charge in [0.25, 0.3) is 11.8 Å². The van der Waals surface area contributed by atoms with Gasteiger partial charge in [0.05, 0.1) is 11.1 Å². The van der Waals surface area contributed by atoms with Crippen molar-refractivity contribution >= 4 is 24.2 Å². The molecule has 2 aliphatic rings. The quantitative estimate of drug-likeness (QED) is 0.850. The van der Waals surface area contributed by atoms with Crippen LogP contribution in [0.2, 0.25) is 0 Å². The SMILES string of the molecule is CC(C1CCCNC1)N1C(=O)c2ccccc2C1=O.Cl. The van der Waals surface area contributed by atoms with Crippen LogP contribution < -0.4 is 5.32 Å². The second kappa shape index (κ2) is 5.94. The molecule has 5 heteroatoms. The molecule has 0 saturated carbocycles. The third kappa shape index (κ3) is 2.34. The summed E-state index contributed by atoms with van der Waals surface area (Å²) < 4.78 is 0. The van der Waals surface area contributed by atoms with E-state index in [0.29, 0.717) is 17.0 Å². The Kier molecular flexibility index (Phi) is 4.45. The summed E-state index contributed by atoms with van der Waals surface area (Å²) in [4.78, 5) is 26.2. The minimum absolute atomic E-state index is 0. The third-order valence-electron chi connectivity index (χ3n) is 4.25. The standard InChI is InChI=1S/C15H18N2O2.ClH/c1-10(11-5-4-8-16-9-11)17-14(18)12-6-2-3-7-13(12)15(17)19;/h2-3,6-7,10-11,16H,4-5,8-9H2,1H3;1H. The molecule has 2 aliphatic heterocycles. The van der Waals surface area contributed by atoms with E-state index in [0.717, 1.165) is 25.9 Å². The van der Waals surface area contributed by atoms with Crippen LogP contribution in [0.3, 0.4) is 0 Å². The molecular formula is C15H19ClN2O2. The van der Waals surface area contributed by atoms with Crippen molar-refractivity contribution in [2.75, 3.05) is 13.1 Å². The van der Waals surface area contributed by atoms with Crippen LogP contribution >= 0.6 is 12.4 Å². The number of piperidine rings is 1. The number of hydrogen-bond donors (Lipinski definition) is 1. The number of hydrogen-bond acceptors (Lipinski definition) is 3. The Labute approximate surface area is 124 Å². The van der Waals surface area contributed by atoms with Crippen molar-refractivity contribution < 1.29 is 9.59 Å². The Balaban J connectivity index is 0.00000147. The first-order chi connectivity index (χ1) is 9.20. The first-order valence-electron chi connectivity index (χ1n) is 6.88. The van der Waals surface area contributed by atoms with E-state index in [1.165, 1.54) is 4.90 Å². The molecule has 3 rings (SSSR count). The largest absolute Gasteiger partial charge is 0.316 e. The summed E-state index contributed by atoms with van der Waals surface area (Å²) >= 11 is 0. The van der Waals surface area contributed by atoms with E-state index in [9.17, 15) is 9.59 Å². The van der Waals surface area contributed by atoms with Gasteiger partial charge in [0.1, 0.15) is 0 Å². The second-order valence-electron chi connectivity index (χ2n) is 5.37. The van der Waals surface area contributed by atoms with Crippen LogP contribution in [-0.4, -0.2) is 35.8 Å². The van der Waals surface area contributed by atoms with Crippen LogP contribution in [0.15, 0.2) is 24.3 Å². The molecule has 2 heterocycles. The van der Waals surface area contributed by atoms with Crippen molar-refractivity contribution in [1.29, 1.82) is 0 Å². The molecule has 4 nitrogen and oxygen atoms in total. The van der Waals surface area contributed by atoms with Gasteiger partial charge in [-0.15, -0.1) is 12.4 Å². The highest BCUT2D eigenvalue weighted by Crippen LogP contribution is 2.28. The molecule has 1 aromatic rings. The van der Waals surface area contributed by atoms with Gasteiger partial charge in [-0.05, 0) is 50.9 Å². The van der Waals surface area contributed by atoms with Crippen molar-refractivity contribution in [2.24, 2.45) is 5.92 Å². The number of nitrogens with one attached hydrogen (secondary N) is 1. The molecule has 0 bridgehead atoms. The Hall–Kier alpha value is -1.39. The lowest BCUT2D eigenvalue weighted by Gasteiger charge is -2.33. The fourth-order valence-electron chi connectivity index (χ4n) is 3.08. The van der Waals surface area contributed by atoms with Crippen molar-refractivity contribution in [1.82, 2.24) is 10.2 Å². The summed E-state index contributed by atoms with van der Waals surface area (Å²) in [5, 5.41) is 3.34. The zero-order valence-electron chi connectivity index (χ0n) is 11.5. The molecule has 0 radical (unpaired) electrons. The van der Waals surface area contributed by atoms with Crippen molar-refractivity contribution in [3.05, 3.63) is 35.4 Å². The van der Waals surface area contributed by atoms with Crippen LogP contribution in [0.25, 0.3) is 0 Å². The topological polar surface area (TPSA) is 49.4 Å². The van der Waals surface area contributed by atoms with Gasteiger partial charge in [-0.3, -0.25) is 14.5 Å². The van der Waals surface area contributed by atoms with E-state index >= 15 is 0 Å². The Morgan fingerprint density at radius 3 is 2.30 bits per heavy atom. The van der Waals surface area contributed by atoms with Gasteiger partial charge in [-0.2, -0.15) is 0 Å². The smallest absolute Gasteiger partial charge is 0.261 e. The normalized spacial score (nSPS) is 23.2. The van der Waals surface area contributed by atoms with Gasteiger partial charge in [-0.1, -0.05) is 12.1 Å². The van der Waals surface area contributed by atoms with Crippen molar-refractivity contribution in [2.45, 2.75) is 25.8 Å². The number of benzene rings is 1. The molecule has 2 amide bonds. The minimum Gasteiger partial charge on any atom is -0.316 e. The first-order valence-corrected chi connectivity index (χ1v) is 6.88. The van der Waals surface area contributed by atoms with Gasteiger partial charge in [0.15, 0.2) is 0 Å². The maximum absolute atomic E-state index is 12.4. The summed E-state index contributed by atoms with van der Waals surface area (Å²) in [6.45, 7) is 3.90. The highest BCUT2D eigenvalue weighted by molar-refractivity contribution is 6.21. The number of fused-ring (bicyclic) bond motifs is 1. The first kappa shape index (κ1) is 15.0.